The number of carbonyl (C=O) groups is 1. The fourth-order valence-corrected chi connectivity index (χ4v) is 2.81. The van der Waals surface area contributed by atoms with Crippen LogP contribution in [0.5, 0.6) is 0 Å². The molecular weight excluding hydrogens is 240 g/mol. The van der Waals surface area contributed by atoms with Crippen molar-refractivity contribution in [2.75, 3.05) is 18.4 Å². The number of anilines is 1. The number of hydrogen-bond acceptors (Lipinski definition) is 3. The highest BCUT2D eigenvalue weighted by Gasteiger charge is 2.43. The Morgan fingerprint density at radius 2 is 2.29 bits per heavy atom. The van der Waals surface area contributed by atoms with Gasteiger partial charge in [-0.25, -0.2) is 4.79 Å². The molecule has 1 fully saturated rings. The summed E-state index contributed by atoms with van der Waals surface area (Å²) in [4.78, 5) is 11.6. The highest BCUT2D eigenvalue weighted by atomic mass is 35.5. The average molecular weight is 253 g/mol. The van der Waals surface area contributed by atoms with Gasteiger partial charge in [-0.15, -0.1) is 0 Å². The molecule has 1 aromatic rings. The lowest BCUT2D eigenvalue weighted by Gasteiger charge is -2.41. The van der Waals surface area contributed by atoms with E-state index in [-0.39, 0.29) is 0 Å². The number of ether oxygens (including phenoxy) is 1. The largest absolute Gasteiger partial charge is 0.436 e. The number of fused-ring (bicyclic) bond motifs is 2. The van der Waals surface area contributed by atoms with Crippen molar-refractivity contribution in [1.29, 1.82) is 0 Å². The van der Waals surface area contributed by atoms with Gasteiger partial charge in [0.2, 0.25) is 0 Å². The Morgan fingerprint density at radius 3 is 3.06 bits per heavy atom. The molecule has 1 aromatic carbocycles. The zero-order valence-electron chi connectivity index (χ0n) is 9.25. The van der Waals surface area contributed by atoms with Crippen LogP contribution in [0.2, 0.25) is 5.02 Å². The number of rotatable bonds is 0. The van der Waals surface area contributed by atoms with Crippen molar-refractivity contribution in [1.82, 2.24) is 5.32 Å². The molecule has 1 saturated heterocycles. The van der Waals surface area contributed by atoms with Crippen LogP contribution in [0.3, 0.4) is 0 Å². The highest BCUT2D eigenvalue weighted by Crippen LogP contribution is 2.43. The number of piperidine rings is 1. The van der Waals surface area contributed by atoms with Crippen molar-refractivity contribution in [3.8, 4) is 0 Å². The van der Waals surface area contributed by atoms with Crippen molar-refractivity contribution in [2.24, 2.45) is 0 Å². The number of halogens is 1. The molecule has 0 aliphatic carbocycles. The Bertz CT molecular complexity index is 470. The first-order chi connectivity index (χ1) is 8.21. The average Bonchev–Trinajstić information content (AvgIpc) is 2.32. The predicted molar refractivity (Wildman–Crippen MR) is 65.3 cm³/mol. The molecule has 0 radical (unpaired) electrons. The Labute approximate surface area is 104 Å². The third-order valence-corrected chi connectivity index (χ3v) is 3.68. The van der Waals surface area contributed by atoms with E-state index in [0.717, 1.165) is 24.9 Å². The van der Waals surface area contributed by atoms with E-state index in [2.05, 4.69) is 10.6 Å². The highest BCUT2D eigenvalue weighted by molar-refractivity contribution is 6.34. The quantitative estimate of drug-likeness (QED) is 0.746. The number of para-hydroxylation sites is 1. The summed E-state index contributed by atoms with van der Waals surface area (Å²) in [5, 5.41) is 6.52. The molecule has 2 aliphatic rings. The molecule has 2 N–H and O–H groups in total. The van der Waals surface area contributed by atoms with E-state index in [1.807, 2.05) is 12.1 Å². The topological polar surface area (TPSA) is 50.4 Å². The van der Waals surface area contributed by atoms with Gasteiger partial charge in [0.1, 0.15) is 0 Å². The standard InChI is InChI=1S/C12H13ClN2O2/c13-9-4-1-3-8-10(9)15-11(16)17-12(8)5-2-6-14-7-12/h1,3-4,14H,2,5-7H2,(H,15,16). The summed E-state index contributed by atoms with van der Waals surface area (Å²) < 4.78 is 5.53. The summed E-state index contributed by atoms with van der Waals surface area (Å²) in [5.74, 6) is 0. The van der Waals surface area contributed by atoms with Crippen LogP contribution in [0, 0.1) is 0 Å². The van der Waals surface area contributed by atoms with Crippen LogP contribution >= 0.6 is 11.6 Å². The van der Waals surface area contributed by atoms with Crippen molar-refractivity contribution >= 4 is 23.4 Å². The van der Waals surface area contributed by atoms with Crippen LogP contribution in [0.4, 0.5) is 10.5 Å². The summed E-state index contributed by atoms with van der Waals surface area (Å²) in [6.45, 7) is 1.61. The second-order valence-electron chi connectivity index (χ2n) is 4.45. The van der Waals surface area contributed by atoms with Crippen LogP contribution in [-0.4, -0.2) is 19.2 Å². The Kier molecular flexibility index (Phi) is 2.49. The van der Waals surface area contributed by atoms with Crippen LogP contribution in [-0.2, 0) is 10.3 Å². The zero-order chi connectivity index (χ0) is 11.9. The molecule has 1 unspecified atom stereocenters. The number of carbonyl (C=O) groups excluding carboxylic acids is 1. The van der Waals surface area contributed by atoms with Crippen molar-refractivity contribution in [2.45, 2.75) is 18.4 Å². The molecule has 90 valence electrons. The third-order valence-electron chi connectivity index (χ3n) is 3.36. The maximum atomic E-state index is 11.6. The van der Waals surface area contributed by atoms with Crippen LogP contribution in [0.1, 0.15) is 18.4 Å². The number of hydrogen-bond donors (Lipinski definition) is 2. The molecule has 5 heteroatoms. The van der Waals surface area contributed by atoms with Gasteiger partial charge in [-0.05, 0) is 25.5 Å². The fraction of sp³-hybridized carbons (Fsp3) is 0.417. The van der Waals surface area contributed by atoms with Gasteiger partial charge in [0, 0.05) is 12.1 Å². The van der Waals surface area contributed by atoms with Crippen molar-refractivity contribution in [3.63, 3.8) is 0 Å². The van der Waals surface area contributed by atoms with Gasteiger partial charge in [-0.1, -0.05) is 23.7 Å². The maximum absolute atomic E-state index is 11.6. The van der Waals surface area contributed by atoms with Crippen LogP contribution < -0.4 is 10.6 Å². The number of benzene rings is 1. The lowest BCUT2D eigenvalue weighted by atomic mass is 9.84. The zero-order valence-corrected chi connectivity index (χ0v) is 10.0. The molecule has 0 bridgehead atoms. The van der Waals surface area contributed by atoms with Gasteiger partial charge in [-0.3, -0.25) is 5.32 Å². The van der Waals surface area contributed by atoms with E-state index in [9.17, 15) is 4.79 Å². The SMILES string of the molecule is O=C1Nc2c(Cl)cccc2C2(CCCNC2)O1. The molecule has 1 spiro atoms. The molecule has 4 nitrogen and oxygen atoms in total. The van der Waals surface area contributed by atoms with Gasteiger partial charge in [0.05, 0.1) is 10.7 Å². The number of amides is 1. The molecule has 0 aromatic heterocycles. The van der Waals surface area contributed by atoms with Gasteiger partial charge in [0.25, 0.3) is 0 Å². The van der Waals surface area contributed by atoms with E-state index in [1.54, 1.807) is 6.07 Å². The van der Waals surface area contributed by atoms with Gasteiger partial charge in [-0.2, -0.15) is 0 Å². The summed E-state index contributed by atoms with van der Waals surface area (Å²) in [7, 11) is 0. The lowest BCUT2D eigenvalue weighted by Crippen LogP contribution is -2.49. The fourth-order valence-electron chi connectivity index (χ4n) is 2.59. The third kappa shape index (κ3) is 1.68. The first-order valence-corrected chi connectivity index (χ1v) is 6.09. The Hall–Kier alpha value is -1.26. The molecule has 17 heavy (non-hydrogen) atoms. The van der Waals surface area contributed by atoms with Gasteiger partial charge < -0.3 is 10.1 Å². The van der Waals surface area contributed by atoms with Crippen LogP contribution in [0.15, 0.2) is 18.2 Å². The second-order valence-corrected chi connectivity index (χ2v) is 4.86. The minimum absolute atomic E-state index is 0.422. The van der Waals surface area contributed by atoms with Gasteiger partial charge >= 0.3 is 6.09 Å². The molecule has 2 aliphatic heterocycles. The first kappa shape index (κ1) is 10.9. The van der Waals surface area contributed by atoms with Crippen molar-refractivity contribution < 1.29 is 9.53 Å². The molecule has 1 amide bonds. The van der Waals surface area contributed by atoms with E-state index in [0.29, 0.717) is 17.3 Å². The van der Waals surface area contributed by atoms with Crippen molar-refractivity contribution in [3.05, 3.63) is 28.8 Å². The Morgan fingerprint density at radius 1 is 1.41 bits per heavy atom. The van der Waals surface area contributed by atoms with E-state index < -0.39 is 11.7 Å². The van der Waals surface area contributed by atoms with Gasteiger partial charge in [0.15, 0.2) is 5.60 Å². The monoisotopic (exact) mass is 252 g/mol. The first-order valence-electron chi connectivity index (χ1n) is 5.71. The lowest BCUT2D eigenvalue weighted by molar-refractivity contribution is -0.00723. The van der Waals surface area contributed by atoms with Crippen LogP contribution in [0.25, 0.3) is 0 Å². The molecule has 3 rings (SSSR count). The summed E-state index contributed by atoms with van der Waals surface area (Å²) in [6.07, 6.45) is 1.40. The minimum atomic E-state index is -0.555. The molecular formula is C12H13ClN2O2. The smallest absolute Gasteiger partial charge is 0.412 e. The second kappa shape index (κ2) is 3.89. The molecule has 2 heterocycles. The number of nitrogens with one attached hydrogen (secondary N) is 2. The maximum Gasteiger partial charge on any atom is 0.412 e. The summed E-state index contributed by atoms with van der Waals surface area (Å²) >= 11 is 6.12. The van der Waals surface area contributed by atoms with E-state index >= 15 is 0 Å². The minimum Gasteiger partial charge on any atom is -0.436 e. The Balaban J connectivity index is 2.13. The molecule has 0 saturated carbocycles. The van der Waals surface area contributed by atoms with E-state index in [1.165, 1.54) is 0 Å². The molecule has 1 atom stereocenters. The summed E-state index contributed by atoms with van der Waals surface area (Å²) in [5.41, 5.74) is 1.10. The normalized spacial score (nSPS) is 27.2. The predicted octanol–water partition coefficient (Wildman–Crippen LogP) is 2.48. The summed E-state index contributed by atoms with van der Waals surface area (Å²) in [6, 6.07) is 5.63. The van der Waals surface area contributed by atoms with E-state index in [4.69, 9.17) is 16.3 Å².